The molecule has 0 N–H and O–H groups in total. The Morgan fingerprint density at radius 3 is 1.62 bits per heavy atom. The van der Waals surface area contributed by atoms with Gasteiger partial charge in [0.05, 0.1) is 0 Å². The molecule has 2 aliphatic rings. The zero-order chi connectivity index (χ0) is 27.0. The molecule has 2 heteroatoms. The highest BCUT2D eigenvalue weighted by Crippen LogP contribution is 2.56. The van der Waals surface area contributed by atoms with Gasteiger partial charge in [0.1, 0.15) is 0 Å². The first-order valence-corrected chi connectivity index (χ1v) is 16.7. The van der Waals surface area contributed by atoms with Gasteiger partial charge < -0.3 is 0 Å². The molecule has 5 aromatic rings. The molecule has 1 unspecified atom stereocenters. The summed E-state index contributed by atoms with van der Waals surface area (Å²) in [4.78, 5) is 0. The van der Waals surface area contributed by atoms with Crippen LogP contribution >= 0.6 is 6.04 Å². The van der Waals surface area contributed by atoms with Crippen molar-refractivity contribution >= 4 is 33.8 Å². The fraction of sp³-hybridized carbons (Fsp3) is 0.189. The highest BCUT2D eigenvalue weighted by atomic mass is 32.4. The maximum absolute atomic E-state index is 6.90. The summed E-state index contributed by atoms with van der Waals surface area (Å²) in [7, 11) is 0. The van der Waals surface area contributed by atoms with E-state index in [4.69, 9.17) is 11.8 Å². The molecular weight excluding hydrogens is 507 g/mol. The van der Waals surface area contributed by atoms with Gasteiger partial charge in [-0.2, -0.15) is 0 Å². The molecule has 0 bridgehead atoms. The second kappa shape index (κ2) is 8.62. The normalized spacial score (nSPS) is 20.3. The highest BCUT2D eigenvalue weighted by Gasteiger charge is 2.46. The molecule has 0 aromatic heterocycles. The number of benzene rings is 5. The molecule has 1 aliphatic heterocycles. The van der Waals surface area contributed by atoms with Gasteiger partial charge in [-0.25, -0.2) is 0 Å². The van der Waals surface area contributed by atoms with Crippen LogP contribution in [-0.2, 0) is 22.6 Å². The Morgan fingerprint density at radius 1 is 0.487 bits per heavy atom. The fourth-order valence-electron chi connectivity index (χ4n) is 7.48. The molecule has 7 rings (SSSR count). The predicted octanol–water partition coefficient (Wildman–Crippen LogP) is 7.90. The Kier molecular flexibility index (Phi) is 5.48. The molecule has 0 radical (unpaired) electrons. The molecule has 192 valence electrons. The van der Waals surface area contributed by atoms with Crippen molar-refractivity contribution in [1.82, 2.24) is 0 Å². The van der Waals surface area contributed by atoms with Crippen LogP contribution in [0.2, 0.25) is 0 Å². The summed E-state index contributed by atoms with van der Waals surface area (Å²) in [6, 6.07) is 42.8. The van der Waals surface area contributed by atoms with Crippen molar-refractivity contribution in [2.24, 2.45) is 0 Å². The van der Waals surface area contributed by atoms with Gasteiger partial charge in [0.15, 0.2) is 0 Å². The van der Waals surface area contributed by atoms with Crippen LogP contribution in [0.15, 0.2) is 121 Å². The third-order valence-electron chi connectivity index (χ3n) is 9.28. The Hall–Kier alpha value is -3.25. The van der Waals surface area contributed by atoms with E-state index in [9.17, 15) is 0 Å². The molecule has 0 nitrogen and oxygen atoms in total. The summed E-state index contributed by atoms with van der Waals surface area (Å²) in [6.07, 6.45) is 0. The molecule has 1 heterocycles. The van der Waals surface area contributed by atoms with E-state index in [-0.39, 0.29) is 16.7 Å². The van der Waals surface area contributed by atoms with E-state index in [0.717, 1.165) is 0 Å². The van der Waals surface area contributed by atoms with Crippen molar-refractivity contribution in [3.8, 4) is 0 Å². The first kappa shape index (κ1) is 24.8. The summed E-state index contributed by atoms with van der Waals surface area (Å²) in [5.74, 6) is 0.157. The zero-order valence-corrected chi connectivity index (χ0v) is 24.7. The van der Waals surface area contributed by atoms with E-state index in [1.54, 1.807) is 0 Å². The molecule has 39 heavy (non-hydrogen) atoms. The van der Waals surface area contributed by atoms with Gasteiger partial charge in [-0.05, 0) is 54.9 Å². The second-order valence-corrected chi connectivity index (χ2v) is 16.4. The summed E-state index contributed by atoms with van der Waals surface area (Å²) < 4.78 is 0. The quantitative estimate of drug-likeness (QED) is 0.205. The summed E-state index contributed by atoms with van der Waals surface area (Å²) in [6.45, 7) is 9.55. The van der Waals surface area contributed by atoms with Crippen LogP contribution in [0.4, 0.5) is 0 Å². The number of hydrogen-bond acceptors (Lipinski definition) is 1. The largest absolute Gasteiger partial charge is 0.0826 e. The van der Waals surface area contributed by atoms with E-state index in [1.165, 1.54) is 54.9 Å². The third-order valence-corrected chi connectivity index (χ3v) is 14.2. The summed E-state index contributed by atoms with van der Waals surface area (Å²) >= 11 is 6.90. The molecule has 0 spiro atoms. The van der Waals surface area contributed by atoms with Crippen molar-refractivity contribution in [3.63, 3.8) is 0 Å². The summed E-state index contributed by atoms with van der Waals surface area (Å²) in [5, 5.41) is 3.96. The molecule has 0 amide bonds. The average Bonchev–Trinajstić information content (AvgIpc) is 2.97. The van der Waals surface area contributed by atoms with Crippen LogP contribution in [0.25, 0.3) is 0 Å². The molecule has 0 saturated heterocycles. The monoisotopic (exact) mass is 540 g/mol. The van der Waals surface area contributed by atoms with Gasteiger partial charge in [0.2, 0.25) is 0 Å². The van der Waals surface area contributed by atoms with Crippen LogP contribution in [0.3, 0.4) is 0 Å². The minimum Gasteiger partial charge on any atom is -0.0826 e. The van der Waals surface area contributed by atoms with E-state index in [0.29, 0.717) is 0 Å². The Balaban J connectivity index is 1.60. The Morgan fingerprint density at radius 2 is 0.974 bits per heavy atom. The predicted molar refractivity (Wildman–Crippen MR) is 171 cm³/mol. The SMILES string of the molecule is CC1(C)c2ccccc2C(c2cccc3c2C(C)(C)c2ccccc2P3(=S)c2ccccc2)c2ccccc21. The molecule has 1 aliphatic carbocycles. The van der Waals surface area contributed by atoms with Crippen LogP contribution in [0.5, 0.6) is 0 Å². The first-order valence-electron chi connectivity index (χ1n) is 13.9. The second-order valence-electron chi connectivity index (χ2n) is 12.1. The lowest BCUT2D eigenvalue weighted by Gasteiger charge is -2.45. The van der Waals surface area contributed by atoms with Crippen molar-refractivity contribution in [2.45, 2.75) is 44.4 Å². The Labute approximate surface area is 237 Å². The van der Waals surface area contributed by atoms with Crippen molar-refractivity contribution in [2.75, 3.05) is 0 Å². The lowest BCUT2D eigenvalue weighted by molar-refractivity contribution is 0.589. The minimum absolute atomic E-state index is 0.0561. The molecule has 0 fully saturated rings. The fourth-order valence-corrected chi connectivity index (χ4v) is 12.2. The van der Waals surface area contributed by atoms with E-state index in [1.807, 2.05) is 0 Å². The number of hydrogen-bond donors (Lipinski definition) is 0. The maximum atomic E-state index is 6.90. The highest BCUT2D eigenvalue weighted by molar-refractivity contribution is 8.25. The third kappa shape index (κ3) is 3.33. The Bertz CT molecular complexity index is 1740. The van der Waals surface area contributed by atoms with Crippen molar-refractivity contribution in [3.05, 3.63) is 160 Å². The summed E-state index contributed by atoms with van der Waals surface area (Å²) in [5.41, 5.74) is 9.61. The molecule has 5 aromatic carbocycles. The van der Waals surface area contributed by atoms with E-state index < -0.39 is 6.04 Å². The van der Waals surface area contributed by atoms with Gasteiger partial charge in [0, 0.05) is 22.8 Å². The molecular formula is C37H33PS. The number of rotatable bonds is 2. The van der Waals surface area contributed by atoms with Crippen LogP contribution in [0.1, 0.15) is 72.6 Å². The van der Waals surface area contributed by atoms with Gasteiger partial charge >= 0.3 is 0 Å². The zero-order valence-electron chi connectivity index (χ0n) is 23.0. The smallest absolute Gasteiger partial charge is 0.0385 e. The lowest BCUT2D eigenvalue weighted by Crippen LogP contribution is -2.44. The van der Waals surface area contributed by atoms with Crippen molar-refractivity contribution < 1.29 is 0 Å². The van der Waals surface area contributed by atoms with Crippen LogP contribution in [-0.4, -0.2) is 0 Å². The van der Waals surface area contributed by atoms with Gasteiger partial charge in [-0.3, -0.25) is 0 Å². The minimum atomic E-state index is -2.26. The maximum Gasteiger partial charge on any atom is 0.0385 e. The first-order chi connectivity index (χ1) is 18.8. The number of fused-ring (bicyclic) bond motifs is 4. The lowest BCUT2D eigenvalue weighted by atomic mass is 9.62. The molecule has 1 atom stereocenters. The van der Waals surface area contributed by atoms with Crippen molar-refractivity contribution in [1.29, 1.82) is 0 Å². The van der Waals surface area contributed by atoms with Gasteiger partial charge in [-0.1, -0.05) is 161 Å². The molecule has 0 saturated carbocycles. The van der Waals surface area contributed by atoms with Crippen LogP contribution in [0, 0.1) is 0 Å². The van der Waals surface area contributed by atoms with E-state index >= 15 is 0 Å². The average molecular weight is 541 g/mol. The van der Waals surface area contributed by atoms with Gasteiger partial charge in [0.25, 0.3) is 0 Å². The van der Waals surface area contributed by atoms with E-state index in [2.05, 4.69) is 149 Å². The van der Waals surface area contributed by atoms with Gasteiger partial charge in [-0.15, -0.1) is 0 Å². The van der Waals surface area contributed by atoms with Crippen LogP contribution < -0.4 is 15.9 Å². The standard InChI is InChI=1S/C37H33PS/c1-36(2)29-20-10-8-17-26(29)34(27-18-9-11-21-30(27)36)28-19-14-24-33-35(28)37(3,4)31-22-12-13-23-32(31)38(33,39)25-15-6-5-7-16-25/h5-24,34H,1-4H3. The topological polar surface area (TPSA) is 0 Å².